The third-order valence-electron chi connectivity index (χ3n) is 4.79. The first kappa shape index (κ1) is 16.0. The van der Waals surface area contributed by atoms with Crippen molar-refractivity contribution in [3.05, 3.63) is 54.7 Å². The molecule has 0 N–H and O–H groups in total. The second-order valence-electron chi connectivity index (χ2n) is 6.54. The minimum absolute atomic E-state index is 0.586. The van der Waals surface area contributed by atoms with E-state index in [1.54, 1.807) is 0 Å². The number of rotatable bonds is 7. The smallest absolute Gasteiger partial charge is 0.227 e. The molecule has 1 aliphatic heterocycles. The van der Waals surface area contributed by atoms with E-state index in [0.717, 1.165) is 37.4 Å². The first-order valence-electron chi connectivity index (χ1n) is 8.98. The fourth-order valence-corrected chi connectivity index (χ4v) is 3.51. The van der Waals surface area contributed by atoms with Gasteiger partial charge in [0.15, 0.2) is 0 Å². The van der Waals surface area contributed by atoms with Gasteiger partial charge in [0.05, 0.1) is 6.54 Å². The van der Waals surface area contributed by atoms with Crippen molar-refractivity contribution in [3.8, 4) is 11.4 Å². The number of nitrogens with zero attached hydrogens (tertiary/aromatic N) is 5. The normalized spacial score (nSPS) is 18.0. The molecule has 3 aromatic rings. The Kier molecular flexibility index (Phi) is 4.88. The van der Waals surface area contributed by atoms with Gasteiger partial charge in [0, 0.05) is 30.4 Å². The minimum Gasteiger partial charge on any atom is -0.339 e. The Morgan fingerprint density at radius 2 is 2.08 bits per heavy atom. The zero-order valence-corrected chi connectivity index (χ0v) is 14.3. The summed E-state index contributed by atoms with van der Waals surface area (Å²) in [6.07, 6.45) is 8.26. The Bertz CT molecular complexity index is 768. The molecule has 1 fully saturated rings. The molecule has 4 rings (SSSR count). The summed E-state index contributed by atoms with van der Waals surface area (Å²) < 4.78 is 7.44. The van der Waals surface area contributed by atoms with Crippen LogP contribution in [0.3, 0.4) is 0 Å². The van der Waals surface area contributed by atoms with Crippen LogP contribution in [0.5, 0.6) is 0 Å². The summed E-state index contributed by atoms with van der Waals surface area (Å²) in [6.45, 7) is 3.21. The lowest BCUT2D eigenvalue weighted by Crippen LogP contribution is -2.34. The molecule has 3 heterocycles. The molecule has 0 aliphatic carbocycles. The summed E-state index contributed by atoms with van der Waals surface area (Å²) in [5.74, 6) is 1.40. The van der Waals surface area contributed by atoms with Gasteiger partial charge in [-0.2, -0.15) is 10.1 Å². The van der Waals surface area contributed by atoms with E-state index < -0.39 is 0 Å². The predicted molar refractivity (Wildman–Crippen MR) is 94.9 cm³/mol. The van der Waals surface area contributed by atoms with Gasteiger partial charge in [-0.1, -0.05) is 35.5 Å². The Morgan fingerprint density at radius 1 is 1.16 bits per heavy atom. The standard InChI is InChI=1S/C19H23N5O/c1-2-7-16(8-3-1)19-21-18(25-22-19)10-5-13-23-12-4-9-17(23)15-24-14-6-11-20-24/h1-3,6-8,11,14,17H,4-5,9-10,12-13,15H2/t17-/m1/s1. The average Bonchev–Trinajstić information content (AvgIpc) is 3.39. The van der Waals surface area contributed by atoms with Crippen molar-refractivity contribution in [2.45, 2.75) is 38.3 Å². The Morgan fingerprint density at radius 3 is 2.92 bits per heavy atom. The van der Waals surface area contributed by atoms with Crippen molar-refractivity contribution >= 4 is 0 Å². The van der Waals surface area contributed by atoms with Crippen molar-refractivity contribution in [3.63, 3.8) is 0 Å². The van der Waals surface area contributed by atoms with E-state index in [9.17, 15) is 0 Å². The topological polar surface area (TPSA) is 60.0 Å². The number of aryl methyl sites for hydroxylation is 1. The molecule has 2 aromatic heterocycles. The molecule has 1 aromatic carbocycles. The molecule has 6 nitrogen and oxygen atoms in total. The van der Waals surface area contributed by atoms with E-state index in [2.05, 4.69) is 20.1 Å². The summed E-state index contributed by atoms with van der Waals surface area (Å²) in [5, 5.41) is 8.42. The van der Waals surface area contributed by atoms with Gasteiger partial charge in [-0.05, 0) is 38.4 Å². The summed E-state index contributed by atoms with van der Waals surface area (Å²) in [6, 6.07) is 12.5. The van der Waals surface area contributed by atoms with Gasteiger partial charge in [0.25, 0.3) is 0 Å². The van der Waals surface area contributed by atoms with Crippen LogP contribution in [0.2, 0.25) is 0 Å². The predicted octanol–water partition coefficient (Wildman–Crippen LogP) is 3.03. The zero-order chi connectivity index (χ0) is 16.9. The monoisotopic (exact) mass is 337 g/mol. The third-order valence-corrected chi connectivity index (χ3v) is 4.79. The van der Waals surface area contributed by atoms with Crippen molar-refractivity contribution in [1.29, 1.82) is 0 Å². The fourth-order valence-electron chi connectivity index (χ4n) is 3.51. The van der Waals surface area contributed by atoms with E-state index in [1.807, 2.05) is 53.5 Å². The van der Waals surface area contributed by atoms with Crippen LogP contribution in [0.15, 0.2) is 53.3 Å². The molecule has 1 aliphatic rings. The van der Waals surface area contributed by atoms with Gasteiger partial charge in [0.1, 0.15) is 0 Å². The van der Waals surface area contributed by atoms with Crippen LogP contribution in [0.1, 0.15) is 25.2 Å². The molecule has 0 saturated carbocycles. The number of hydrogen-bond acceptors (Lipinski definition) is 5. The van der Waals surface area contributed by atoms with Crippen molar-refractivity contribution in [2.24, 2.45) is 0 Å². The van der Waals surface area contributed by atoms with E-state index in [-0.39, 0.29) is 0 Å². The van der Waals surface area contributed by atoms with Crippen LogP contribution >= 0.6 is 0 Å². The molecule has 0 spiro atoms. The van der Waals surface area contributed by atoms with Crippen LogP contribution in [-0.4, -0.2) is 44.0 Å². The van der Waals surface area contributed by atoms with Gasteiger partial charge >= 0.3 is 0 Å². The van der Waals surface area contributed by atoms with Gasteiger partial charge in [-0.15, -0.1) is 0 Å². The molecule has 6 heteroatoms. The number of likely N-dealkylation sites (tertiary alicyclic amines) is 1. The highest BCUT2D eigenvalue weighted by Gasteiger charge is 2.24. The van der Waals surface area contributed by atoms with Crippen molar-refractivity contribution in [2.75, 3.05) is 13.1 Å². The highest BCUT2D eigenvalue weighted by Crippen LogP contribution is 2.20. The lowest BCUT2D eigenvalue weighted by Gasteiger charge is -2.24. The Balaban J connectivity index is 1.28. The lowest BCUT2D eigenvalue weighted by molar-refractivity contribution is 0.222. The quantitative estimate of drug-likeness (QED) is 0.663. The van der Waals surface area contributed by atoms with E-state index in [1.165, 1.54) is 19.4 Å². The maximum atomic E-state index is 5.40. The second-order valence-corrected chi connectivity index (χ2v) is 6.54. The van der Waals surface area contributed by atoms with Crippen LogP contribution in [-0.2, 0) is 13.0 Å². The van der Waals surface area contributed by atoms with Crippen molar-refractivity contribution in [1.82, 2.24) is 24.8 Å². The lowest BCUT2D eigenvalue weighted by atomic mass is 10.2. The second kappa shape index (κ2) is 7.61. The van der Waals surface area contributed by atoms with Crippen LogP contribution in [0.4, 0.5) is 0 Å². The number of benzene rings is 1. The molecular formula is C19H23N5O. The van der Waals surface area contributed by atoms with Crippen LogP contribution in [0.25, 0.3) is 11.4 Å². The molecule has 0 bridgehead atoms. The maximum absolute atomic E-state index is 5.40. The van der Waals surface area contributed by atoms with Crippen LogP contribution in [0, 0.1) is 0 Å². The molecule has 25 heavy (non-hydrogen) atoms. The molecular weight excluding hydrogens is 314 g/mol. The molecule has 0 radical (unpaired) electrons. The first-order chi connectivity index (χ1) is 12.4. The molecule has 0 unspecified atom stereocenters. The molecule has 0 amide bonds. The van der Waals surface area contributed by atoms with Gasteiger partial charge in [0.2, 0.25) is 11.7 Å². The summed E-state index contributed by atoms with van der Waals surface area (Å²) in [7, 11) is 0. The van der Waals surface area contributed by atoms with Crippen molar-refractivity contribution < 1.29 is 4.52 Å². The first-order valence-corrected chi connectivity index (χ1v) is 8.98. The highest BCUT2D eigenvalue weighted by atomic mass is 16.5. The number of hydrogen-bond donors (Lipinski definition) is 0. The molecule has 1 atom stereocenters. The zero-order valence-electron chi connectivity index (χ0n) is 14.3. The van der Waals surface area contributed by atoms with Gasteiger partial charge in [-0.25, -0.2) is 0 Å². The summed E-state index contributed by atoms with van der Waals surface area (Å²) in [5.41, 5.74) is 0.997. The SMILES string of the molecule is c1ccc(-c2noc(CCCN3CCC[C@@H]3Cn3cccn3)n2)cc1. The third kappa shape index (κ3) is 3.96. The molecule has 1 saturated heterocycles. The summed E-state index contributed by atoms with van der Waals surface area (Å²) in [4.78, 5) is 7.08. The Hall–Kier alpha value is -2.47. The molecule has 130 valence electrons. The minimum atomic E-state index is 0.586. The average molecular weight is 337 g/mol. The summed E-state index contributed by atoms with van der Waals surface area (Å²) >= 11 is 0. The van der Waals surface area contributed by atoms with Gasteiger partial charge in [-0.3, -0.25) is 9.58 Å². The highest BCUT2D eigenvalue weighted by molar-refractivity contribution is 5.53. The van der Waals surface area contributed by atoms with E-state index in [4.69, 9.17) is 4.52 Å². The number of aromatic nitrogens is 4. The largest absolute Gasteiger partial charge is 0.339 e. The maximum Gasteiger partial charge on any atom is 0.227 e. The van der Waals surface area contributed by atoms with E-state index >= 15 is 0 Å². The van der Waals surface area contributed by atoms with E-state index in [0.29, 0.717) is 11.9 Å². The van der Waals surface area contributed by atoms with Crippen LogP contribution < -0.4 is 0 Å². The van der Waals surface area contributed by atoms with Gasteiger partial charge < -0.3 is 4.52 Å². The fraction of sp³-hybridized carbons (Fsp3) is 0.421. The Labute approximate surface area is 147 Å².